The van der Waals surface area contributed by atoms with Crippen LogP contribution < -0.4 is 0 Å². The van der Waals surface area contributed by atoms with Crippen molar-refractivity contribution >= 4 is 33.7 Å². The number of fused-ring (bicyclic) bond motifs is 1. The molecule has 0 aromatic heterocycles. The molecule has 1 aromatic carbocycles. The predicted molar refractivity (Wildman–Crippen MR) is 71.8 cm³/mol. The van der Waals surface area contributed by atoms with Crippen LogP contribution in [0.25, 0.3) is 0 Å². The maximum absolute atomic E-state index is 11.3. The quantitative estimate of drug-likeness (QED) is 0.880. The molecular formula is C12H10N4OS. The molecule has 18 heavy (non-hydrogen) atoms. The fraction of sp³-hybridized carbons (Fsp3) is 0.167. The number of hydrazone groups is 1. The van der Waals surface area contributed by atoms with Crippen molar-refractivity contribution in [2.24, 2.45) is 10.1 Å². The molecule has 2 heterocycles. The molecule has 0 spiro atoms. The van der Waals surface area contributed by atoms with Gasteiger partial charge in [-0.3, -0.25) is 10.2 Å². The summed E-state index contributed by atoms with van der Waals surface area (Å²) in [5, 5.41) is 14.9. The zero-order chi connectivity index (χ0) is 12.5. The molecular weight excluding hydrogens is 248 g/mol. The van der Waals surface area contributed by atoms with Gasteiger partial charge in [-0.2, -0.15) is 15.1 Å². The lowest BCUT2D eigenvalue weighted by Crippen LogP contribution is -2.33. The van der Waals surface area contributed by atoms with Gasteiger partial charge in [0, 0.05) is 6.42 Å². The van der Waals surface area contributed by atoms with E-state index < -0.39 is 0 Å². The number of amides is 1. The van der Waals surface area contributed by atoms with E-state index in [4.69, 9.17) is 5.41 Å². The van der Waals surface area contributed by atoms with Gasteiger partial charge in [0.15, 0.2) is 5.17 Å². The Hall–Kier alpha value is -1.95. The molecule has 1 aromatic rings. The molecule has 0 aliphatic carbocycles. The largest absolute Gasteiger partial charge is 0.286 e. The first-order chi connectivity index (χ1) is 8.72. The Morgan fingerprint density at radius 1 is 1.33 bits per heavy atom. The number of hydrogen-bond acceptors (Lipinski definition) is 4. The van der Waals surface area contributed by atoms with Crippen LogP contribution in [0.15, 0.2) is 40.4 Å². The zero-order valence-electron chi connectivity index (χ0n) is 9.46. The molecule has 0 fully saturated rings. The topological polar surface area (TPSA) is 68.9 Å². The first kappa shape index (κ1) is 11.2. The number of nitrogens with one attached hydrogen (secondary N) is 1. The average Bonchev–Trinajstić information content (AvgIpc) is 2.73. The number of carbonyl (C=O) groups excluding carboxylic acids is 1. The highest BCUT2D eigenvalue weighted by molar-refractivity contribution is 8.26. The molecule has 1 N–H and O–H groups in total. The van der Waals surface area contributed by atoms with Crippen molar-refractivity contribution in [3.63, 3.8) is 0 Å². The van der Waals surface area contributed by atoms with Crippen molar-refractivity contribution in [3.05, 3.63) is 35.9 Å². The molecule has 2 aliphatic rings. The maximum atomic E-state index is 11.3. The number of benzene rings is 1. The minimum atomic E-state index is -0.269. The number of amidine groups is 2. The smallest absolute Gasteiger partial charge is 0.255 e. The summed E-state index contributed by atoms with van der Waals surface area (Å²) in [7, 11) is 0. The lowest BCUT2D eigenvalue weighted by atomic mass is 10.2. The summed E-state index contributed by atoms with van der Waals surface area (Å²) in [5.41, 5.74) is 1.15. The molecule has 6 heteroatoms. The van der Waals surface area contributed by atoms with E-state index in [1.54, 1.807) is 0 Å². The summed E-state index contributed by atoms with van der Waals surface area (Å²) in [4.78, 5) is 15.2. The third-order valence-electron chi connectivity index (χ3n) is 2.59. The van der Waals surface area contributed by atoms with Crippen LogP contribution in [0, 0.1) is 5.41 Å². The van der Waals surface area contributed by atoms with E-state index >= 15 is 0 Å². The first-order valence-corrected chi connectivity index (χ1v) is 6.32. The third-order valence-corrected chi connectivity index (χ3v) is 3.50. The summed E-state index contributed by atoms with van der Waals surface area (Å²) in [5.74, 6) is -0.0736. The third kappa shape index (κ3) is 2.06. The molecule has 5 nitrogen and oxygen atoms in total. The first-order valence-electron chi connectivity index (χ1n) is 5.51. The monoisotopic (exact) mass is 258 g/mol. The number of thioether (sulfide) groups is 1. The molecule has 0 saturated carbocycles. The Labute approximate surface area is 108 Å². The van der Waals surface area contributed by atoms with Crippen LogP contribution in [0.5, 0.6) is 0 Å². The van der Waals surface area contributed by atoms with E-state index in [-0.39, 0.29) is 18.2 Å². The van der Waals surface area contributed by atoms with Gasteiger partial charge >= 0.3 is 0 Å². The molecule has 0 saturated heterocycles. The number of nitrogens with zero attached hydrogens (tertiary/aromatic N) is 3. The van der Waals surface area contributed by atoms with Gasteiger partial charge in [0.05, 0.1) is 6.42 Å². The lowest BCUT2D eigenvalue weighted by Gasteiger charge is -2.17. The Balaban J connectivity index is 1.81. The normalized spacial score (nSPS) is 18.6. The van der Waals surface area contributed by atoms with Crippen LogP contribution in [-0.2, 0) is 11.2 Å². The second-order valence-electron chi connectivity index (χ2n) is 3.98. The molecule has 2 aliphatic heterocycles. The van der Waals surface area contributed by atoms with Gasteiger partial charge in [0.1, 0.15) is 10.9 Å². The highest BCUT2D eigenvalue weighted by atomic mass is 32.2. The van der Waals surface area contributed by atoms with Crippen molar-refractivity contribution in [2.75, 3.05) is 0 Å². The van der Waals surface area contributed by atoms with Crippen LogP contribution in [0.3, 0.4) is 0 Å². The van der Waals surface area contributed by atoms with Crippen LogP contribution in [0.2, 0.25) is 0 Å². The summed E-state index contributed by atoms with van der Waals surface area (Å²) in [6.07, 6.45) is 0.731. The highest BCUT2D eigenvalue weighted by Gasteiger charge is 2.31. The number of carbonyl (C=O) groups is 1. The maximum Gasteiger partial charge on any atom is 0.255 e. The van der Waals surface area contributed by atoms with Gasteiger partial charge < -0.3 is 0 Å². The van der Waals surface area contributed by atoms with E-state index in [9.17, 15) is 4.79 Å². The van der Waals surface area contributed by atoms with E-state index in [0.29, 0.717) is 11.6 Å². The van der Waals surface area contributed by atoms with E-state index in [1.165, 1.54) is 16.8 Å². The van der Waals surface area contributed by atoms with Crippen LogP contribution in [0.1, 0.15) is 12.0 Å². The summed E-state index contributed by atoms with van der Waals surface area (Å²) in [6, 6.07) is 9.98. The van der Waals surface area contributed by atoms with Crippen LogP contribution in [-0.4, -0.2) is 27.0 Å². The highest BCUT2D eigenvalue weighted by Crippen LogP contribution is 2.26. The summed E-state index contributed by atoms with van der Waals surface area (Å²) >= 11 is 1.36. The van der Waals surface area contributed by atoms with E-state index in [0.717, 1.165) is 10.6 Å². The minimum Gasteiger partial charge on any atom is -0.286 e. The molecule has 0 atom stereocenters. The van der Waals surface area contributed by atoms with Gasteiger partial charge in [0.25, 0.3) is 5.91 Å². The standard InChI is InChI=1S/C12H10N4OS/c13-9-7-10(17)14-12-16(9)15-11(18-12)6-8-4-2-1-3-5-8/h1-5,13H,6-7H2. The van der Waals surface area contributed by atoms with Gasteiger partial charge in [-0.05, 0) is 17.3 Å². The average molecular weight is 258 g/mol. The number of rotatable bonds is 2. The van der Waals surface area contributed by atoms with Gasteiger partial charge in [-0.25, -0.2) is 0 Å². The van der Waals surface area contributed by atoms with Crippen LogP contribution >= 0.6 is 11.8 Å². The Kier molecular flexibility index (Phi) is 2.71. The second-order valence-corrected chi connectivity index (χ2v) is 5.02. The van der Waals surface area contributed by atoms with Crippen molar-refractivity contribution in [2.45, 2.75) is 12.8 Å². The second kappa shape index (κ2) is 4.38. The molecule has 0 unspecified atom stereocenters. The summed E-state index contributed by atoms with van der Waals surface area (Å²) < 4.78 is 0. The van der Waals surface area contributed by atoms with Crippen molar-refractivity contribution in [1.29, 1.82) is 5.41 Å². The van der Waals surface area contributed by atoms with E-state index in [1.807, 2.05) is 30.3 Å². The fourth-order valence-corrected chi connectivity index (χ4v) is 2.73. The summed E-state index contributed by atoms with van der Waals surface area (Å²) in [6.45, 7) is 0. The predicted octanol–water partition coefficient (Wildman–Crippen LogP) is 1.85. The lowest BCUT2D eigenvalue weighted by molar-refractivity contribution is -0.117. The van der Waals surface area contributed by atoms with Crippen molar-refractivity contribution < 1.29 is 4.79 Å². The van der Waals surface area contributed by atoms with Gasteiger partial charge in [-0.1, -0.05) is 30.3 Å². The molecule has 90 valence electrons. The SMILES string of the molecule is N=C1CC(=O)N=C2SC(Cc3ccccc3)=NN12. The Morgan fingerprint density at radius 3 is 2.89 bits per heavy atom. The minimum absolute atomic E-state index is 0.0339. The zero-order valence-corrected chi connectivity index (χ0v) is 10.3. The molecule has 0 radical (unpaired) electrons. The van der Waals surface area contributed by atoms with Gasteiger partial charge in [0.2, 0.25) is 0 Å². The van der Waals surface area contributed by atoms with Crippen molar-refractivity contribution in [1.82, 2.24) is 5.01 Å². The fourth-order valence-electron chi connectivity index (χ4n) is 1.78. The molecule has 1 amide bonds. The van der Waals surface area contributed by atoms with Crippen molar-refractivity contribution in [3.8, 4) is 0 Å². The molecule has 3 rings (SSSR count). The number of hydrogen-bond donors (Lipinski definition) is 1. The van der Waals surface area contributed by atoms with Crippen LogP contribution in [0.4, 0.5) is 0 Å². The molecule has 0 bridgehead atoms. The Bertz CT molecular complexity index is 579. The number of aliphatic imine (C=N–C) groups is 1. The van der Waals surface area contributed by atoms with Gasteiger partial charge in [-0.15, -0.1) is 0 Å². The Morgan fingerprint density at radius 2 is 2.11 bits per heavy atom. The van der Waals surface area contributed by atoms with E-state index in [2.05, 4.69) is 10.1 Å².